The summed E-state index contributed by atoms with van der Waals surface area (Å²) in [4.78, 5) is 81.1. The van der Waals surface area contributed by atoms with Crippen molar-refractivity contribution < 1.29 is 209 Å². The standard InChI is InChI=1S/C41H81O19P3.4Na/c1-3-5-7-9-11-13-15-17-19-21-23-25-27-29-34(42)55-31-33(57-35(43)30-28-26-24-22-20-18-16-14-12-10-8-6-4-2)32-56-63(53,54)60-41-37(45)39(58-61(47,48)49)36(44)40(38(41)46)59-62(50,51)52;;;;/h33,36-41,44-46H,3-32H2,1-2H3,(H,53,54)(H2,47,48,49)(H2,50,51,52);;;;/q;4*+1/p-4/t33-,36?,37-,38-,39-,40+,41?;;;;/m1..../s1. The number of carbonyl (C=O) groups is 2. The number of phosphoric ester groups is 3. The Kier molecular flexibility index (Phi) is 51.9. The predicted octanol–water partition coefficient (Wildman–Crippen LogP) is -6.55. The summed E-state index contributed by atoms with van der Waals surface area (Å²) in [6.45, 7) is 2.84. The Labute approximate surface area is 488 Å². The molecule has 0 heterocycles. The molecule has 0 aromatic heterocycles. The van der Waals surface area contributed by atoms with Crippen molar-refractivity contribution in [2.45, 2.75) is 236 Å². The second kappa shape index (κ2) is 45.4. The largest absolute Gasteiger partial charge is 1.00 e. The number of rotatable bonds is 40. The van der Waals surface area contributed by atoms with Crippen LogP contribution in [0.3, 0.4) is 0 Å². The molecule has 0 aromatic carbocycles. The Morgan fingerprint density at radius 2 is 0.746 bits per heavy atom. The number of unbranched alkanes of at least 4 members (excludes halogenated alkanes) is 24. The van der Waals surface area contributed by atoms with Crippen molar-refractivity contribution in [1.29, 1.82) is 0 Å². The number of ether oxygens (including phenoxy) is 2. The first-order valence-corrected chi connectivity index (χ1v) is 27.7. The zero-order valence-electron chi connectivity index (χ0n) is 41.5. The van der Waals surface area contributed by atoms with Crippen LogP contribution >= 0.6 is 23.5 Å². The molecule has 0 radical (unpaired) electrons. The Morgan fingerprint density at radius 1 is 0.463 bits per heavy atom. The van der Waals surface area contributed by atoms with E-state index in [1.807, 2.05) is 0 Å². The SMILES string of the molecule is CCCCCCCCCCCCCCCC(=O)OC[C@H](COP(=O)(O)OC1[C@H](O)[C@H](OP(=O)([O-])[O-])C(O)[C@H](OP(=O)([O-])[O-])[C@H]1O)OC(=O)CCCCCCCCCCCCCCC.[Na+].[Na+].[Na+].[Na+]. The molecule has 8 atom stereocenters. The normalized spacial score (nSPS) is 20.8. The van der Waals surface area contributed by atoms with Crippen molar-refractivity contribution in [3.8, 4) is 0 Å². The van der Waals surface area contributed by atoms with E-state index in [0.29, 0.717) is 12.8 Å². The quantitative estimate of drug-likeness (QED) is 0.0192. The molecule has 4 N–H and O–H groups in total. The molecule has 1 fully saturated rings. The first-order chi connectivity index (χ1) is 29.8. The summed E-state index contributed by atoms with van der Waals surface area (Å²) in [6.07, 6.45) is 11.5. The van der Waals surface area contributed by atoms with Gasteiger partial charge in [-0.05, 0) is 12.8 Å². The van der Waals surface area contributed by atoms with Gasteiger partial charge in [0.25, 0.3) is 0 Å². The topological polar surface area (TPSA) is 314 Å². The maximum atomic E-state index is 13.1. The van der Waals surface area contributed by atoms with E-state index in [1.165, 1.54) is 96.3 Å². The number of hydrogen-bond acceptors (Lipinski definition) is 18. The molecule has 0 aliphatic heterocycles. The number of carbonyl (C=O) groups excluding carboxylic acids is 2. The molecule has 0 bridgehead atoms. The number of esters is 2. The summed E-state index contributed by atoms with van der Waals surface area (Å²) in [5.74, 6) is -1.34. The van der Waals surface area contributed by atoms with E-state index in [2.05, 4.69) is 22.9 Å². The molecule has 1 rings (SSSR count). The average molecular weight is 1060 g/mol. The van der Waals surface area contributed by atoms with Crippen LogP contribution < -0.4 is 138 Å². The fourth-order valence-corrected chi connectivity index (χ4v) is 9.46. The Bertz CT molecular complexity index is 1330. The van der Waals surface area contributed by atoms with Crippen molar-refractivity contribution in [2.75, 3.05) is 13.2 Å². The van der Waals surface area contributed by atoms with Crippen LogP contribution in [0.15, 0.2) is 0 Å². The van der Waals surface area contributed by atoms with Crippen LogP contribution in [-0.2, 0) is 50.9 Å². The molecule has 67 heavy (non-hydrogen) atoms. The zero-order valence-corrected chi connectivity index (χ0v) is 52.2. The van der Waals surface area contributed by atoms with Gasteiger partial charge in [0.15, 0.2) is 6.10 Å². The maximum Gasteiger partial charge on any atom is 1.00 e. The van der Waals surface area contributed by atoms with Crippen LogP contribution in [-0.4, -0.2) is 88.1 Å². The fraction of sp³-hybridized carbons (Fsp3) is 0.951. The first kappa shape index (κ1) is 76.7. The summed E-state index contributed by atoms with van der Waals surface area (Å²) in [5, 5.41) is 31.5. The summed E-state index contributed by atoms with van der Waals surface area (Å²) in [5.41, 5.74) is 0. The number of aliphatic hydroxyl groups is 3. The van der Waals surface area contributed by atoms with E-state index >= 15 is 0 Å². The van der Waals surface area contributed by atoms with Crippen LogP contribution in [0.2, 0.25) is 0 Å². The molecular formula is C41H77Na4O19P3. The van der Waals surface area contributed by atoms with Crippen molar-refractivity contribution in [2.24, 2.45) is 0 Å². The fourth-order valence-electron chi connectivity index (χ4n) is 7.39. The molecule has 19 nitrogen and oxygen atoms in total. The van der Waals surface area contributed by atoms with Gasteiger partial charge in [-0.15, -0.1) is 0 Å². The summed E-state index contributed by atoms with van der Waals surface area (Å²) in [7, 11) is -17.7. The Balaban J connectivity index is -0.00000496. The number of hydrogen-bond donors (Lipinski definition) is 4. The summed E-state index contributed by atoms with van der Waals surface area (Å²) in [6, 6.07) is 0. The third kappa shape index (κ3) is 41.1. The van der Waals surface area contributed by atoms with E-state index in [-0.39, 0.29) is 131 Å². The van der Waals surface area contributed by atoms with E-state index in [9.17, 15) is 63.1 Å². The number of phosphoric acid groups is 3. The zero-order chi connectivity index (χ0) is 47.2. The van der Waals surface area contributed by atoms with Crippen LogP contribution in [0.5, 0.6) is 0 Å². The maximum absolute atomic E-state index is 13.1. The van der Waals surface area contributed by atoms with Gasteiger partial charge in [-0.3, -0.25) is 18.6 Å². The van der Waals surface area contributed by atoms with Crippen LogP contribution in [0.4, 0.5) is 0 Å². The first-order valence-electron chi connectivity index (χ1n) is 23.3. The Hall–Kier alpha value is 3.15. The molecule has 3 unspecified atom stereocenters. The smallest absolute Gasteiger partial charge is 0.790 e. The van der Waals surface area contributed by atoms with Gasteiger partial charge in [-0.1, -0.05) is 168 Å². The Morgan fingerprint density at radius 3 is 1.06 bits per heavy atom. The second-order valence-corrected chi connectivity index (χ2v) is 20.2. The van der Waals surface area contributed by atoms with E-state index in [1.54, 1.807) is 0 Å². The predicted molar refractivity (Wildman–Crippen MR) is 225 cm³/mol. The summed E-state index contributed by atoms with van der Waals surface area (Å²) >= 11 is 0. The molecule has 0 spiro atoms. The molecule has 374 valence electrons. The van der Waals surface area contributed by atoms with Gasteiger partial charge in [0.2, 0.25) is 0 Å². The van der Waals surface area contributed by atoms with Crippen molar-refractivity contribution in [3.05, 3.63) is 0 Å². The van der Waals surface area contributed by atoms with Crippen LogP contribution in [0, 0.1) is 0 Å². The van der Waals surface area contributed by atoms with Crippen molar-refractivity contribution in [1.82, 2.24) is 0 Å². The third-order valence-corrected chi connectivity index (χ3v) is 12.9. The average Bonchev–Trinajstić information content (AvgIpc) is 3.20. The van der Waals surface area contributed by atoms with E-state index in [0.717, 1.165) is 57.8 Å². The van der Waals surface area contributed by atoms with Gasteiger partial charge in [-0.25, -0.2) is 4.57 Å². The molecule has 0 amide bonds. The van der Waals surface area contributed by atoms with Gasteiger partial charge in [-0.2, -0.15) is 0 Å². The molecule has 0 saturated heterocycles. The minimum atomic E-state index is -6.08. The van der Waals surface area contributed by atoms with Crippen molar-refractivity contribution in [3.63, 3.8) is 0 Å². The monoisotopic (exact) mass is 1060 g/mol. The van der Waals surface area contributed by atoms with Gasteiger partial charge in [0.05, 0.1) is 22.3 Å². The van der Waals surface area contributed by atoms with Crippen LogP contribution in [0.25, 0.3) is 0 Å². The third-order valence-electron chi connectivity index (χ3n) is 10.9. The van der Waals surface area contributed by atoms with Crippen LogP contribution in [0.1, 0.15) is 194 Å². The molecule has 1 aliphatic carbocycles. The van der Waals surface area contributed by atoms with Gasteiger partial charge in [0, 0.05) is 12.8 Å². The van der Waals surface area contributed by atoms with E-state index in [4.69, 9.17) is 18.5 Å². The molecular weight excluding hydrogens is 981 g/mol. The second-order valence-electron chi connectivity index (χ2n) is 16.6. The molecule has 1 aliphatic rings. The number of aliphatic hydroxyl groups excluding tert-OH is 3. The minimum absolute atomic E-state index is 0. The van der Waals surface area contributed by atoms with Gasteiger partial charge >= 0.3 is 138 Å². The van der Waals surface area contributed by atoms with Gasteiger partial charge in [0.1, 0.15) is 43.2 Å². The molecule has 0 aromatic rings. The van der Waals surface area contributed by atoms with Gasteiger partial charge < -0.3 is 67.4 Å². The van der Waals surface area contributed by atoms with Crippen molar-refractivity contribution >= 4 is 35.4 Å². The molecule has 26 heteroatoms. The molecule has 1 saturated carbocycles. The minimum Gasteiger partial charge on any atom is -0.790 e. The van der Waals surface area contributed by atoms with E-state index < -0.39 is 91.3 Å². The summed E-state index contributed by atoms with van der Waals surface area (Å²) < 4.78 is 64.2.